The third-order valence-electron chi connectivity index (χ3n) is 3.19. The maximum atomic E-state index is 12.1. The second-order valence-electron chi connectivity index (χ2n) is 4.73. The maximum absolute atomic E-state index is 12.1. The lowest BCUT2D eigenvalue weighted by atomic mass is 10.1. The van der Waals surface area contributed by atoms with Crippen LogP contribution in [0.4, 0.5) is 0 Å². The lowest BCUT2D eigenvalue weighted by Gasteiger charge is -2.08. The van der Waals surface area contributed by atoms with Gasteiger partial charge in [0.2, 0.25) is 0 Å². The molecule has 0 bridgehead atoms. The Morgan fingerprint density at radius 1 is 1.19 bits per heavy atom. The first-order valence-corrected chi connectivity index (χ1v) is 6.87. The average Bonchev–Trinajstić information content (AvgIpc) is 2.52. The largest absolute Gasteiger partial charge is 0.490 e. The highest BCUT2D eigenvalue weighted by atomic mass is 16.5. The Morgan fingerprint density at radius 3 is 2.57 bits per heavy atom. The Bertz CT molecular complexity index is 617. The van der Waals surface area contributed by atoms with E-state index in [9.17, 15) is 4.79 Å². The van der Waals surface area contributed by atoms with Crippen LogP contribution >= 0.6 is 0 Å². The molecule has 0 spiro atoms. The van der Waals surface area contributed by atoms with Crippen LogP contribution in [0.25, 0.3) is 0 Å². The zero-order valence-electron chi connectivity index (χ0n) is 12.1. The van der Waals surface area contributed by atoms with Gasteiger partial charge in [-0.1, -0.05) is 36.9 Å². The number of hydrogen-bond acceptors (Lipinski definition) is 2. The fourth-order valence-electron chi connectivity index (χ4n) is 1.94. The molecule has 2 aromatic rings. The van der Waals surface area contributed by atoms with Crippen molar-refractivity contribution in [3.63, 3.8) is 0 Å². The number of rotatable bonds is 6. The van der Waals surface area contributed by atoms with Crippen molar-refractivity contribution in [1.29, 1.82) is 0 Å². The van der Waals surface area contributed by atoms with Crippen LogP contribution in [0, 0.1) is 6.92 Å². The molecular weight excluding hydrogens is 262 g/mol. The second-order valence-corrected chi connectivity index (χ2v) is 4.73. The van der Waals surface area contributed by atoms with Gasteiger partial charge in [0.05, 0.1) is 0 Å². The van der Waals surface area contributed by atoms with E-state index in [0.29, 0.717) is 18.7 Å². The first-order chi connectivity index (χ1) is 10.2. The van der Waals surface area contributed by atoms with E-state index in [2.05, 4.69) is 11.9 Å². The van der Waals surface area contributed by atoms with Crippen molar-refractivity contribution in [1.82, 2.24) is 5.32 Å². The Hall–Kier alpha value is -2.55. The zero-order valence-corrected chi connectivity index (χ0v) is 12.1. The summed E-state index contributed by atoms with van der Waals surface area (Å²) in [5.74, 6) is 0.638. The Morgan fingerprint density at radius 2 is 1.90 bits per heavy atom. The lowest BCUT2D eigenvalue weighted by Crippen LogP contribution is -2.23. The number of ether oxygens (including phenoxy) is 1. The molecule has 0 aliphatic rings. The molecular formula is C18H19NO2. The summed E-state index contributed by atoms with van der Waals surface area (Å²) in [5, 5.41) is 2.92. The standard InChI is InChI=1S/C18H19NO2/c1-3-12-21-17-10-8-15(9-11-17)18(20)19-13-16-7-5-4-6-14(16)2/h3-11H,1,12-13H2,2H3,(H,19,20). The summed E-state index contributed by atoms with van der Waals surface area (Å²) < 4.78 is 5.39. The smallest absolute Gasteiger partial charge is 0.251 e. The summed E-state index contributed by atoms with van der Waals surface area (Å²) in [6.07, 6.45) is 1.68. The average molecular weight is 281 g/mol. The minimum atomic E-state index is -0.0893. The molecule has 2 aromatic carbocycles. The number of carbonyl (C=O) groups excluding carboxylic acids is 1. The summed E-state index contributed by atoms with van der Waals surface area (Å²) in [6.45, 7) is 6.61. The van der Waals surface area contributed by atoms with Gasteiger partial charge in [-0.15, -0.1) is 0 Å². The van der Waals surface area contributed by atoms with Gasteiger partial charge in [-0.25, -0.2) is 0 Å². The Balaban J connectivity index is 1.94. The van der Waals surface area contributed by atoms with Crippen molar-refractivity contribution < 1.29 is 9.53 Å². The molecule has 0 saturated heterocycles. The fraction of sp³-hybridized carbons (Fsp3) is 0.167. The van der Waals surface area contributed by atoms with Crippen molar-refractivity contribution in [2.75, 3.05) is 6.61 Å². The van der Waals surface area contributed by atoms with E-state index in [4.69, 9.17) is 4.74 Å². The van der Waals surface area contributed by atoms with Gasteiger partial charge in [-0.05, 0) is 42.3 Å². The van der Waals surface area contributed by atoms with E-state index < -0.39 is 0 Å². The van der Waals surface area contributed by atoms with Crippen LogP contribution in [-0.2, 0) is 6.54 Å². The van der Waals surface area contributed by atoms with Gasteiger partial charge < -0.3 is 10.1 Å². The molecule has 1 amide bonds. The lowest BCUT2D eigenvalue weighted by molar-refractivity contribution is 0.0951. The van der Waals surface area contributed by atoms with Crippen LogP contribution in [0.5, 0.6) is 5.75 Å². The first kappa shape index (κ1) is 14.9. The molecule has 2 rings (SSSR count). The van der Waals surface area contributed by atoms with Crippen LogP contribution in [-0.4, -0.2) is 12.5 Å². The van der Waals surface area contributed by atoms with Gasteiger partial charge >= 0.3 is 0 Å². The van der Waals surface area contributed by atoms with E-state index in [1.807, 2.05) is 31.2 Å². The van der Waals surface area contributed by atoms with Crippen LogP contribution < -0.4 is 10.1 Å². The van der Waals surface area contributed by atoms with E-state index in [1.54, 1.807) is 30.3 Å². The number of aryl methyl sites for hydroxylation is 1. The summed E-state index contributed by atoms with van der Waals surface area (Å²) in [5.41, 5.74) is 2.91. The highest BCUT2D eigenvalue weighted by molar-refractivity contribution is 5.94. The molecule has 0 aliphatic carbocycles. The van der Waals surface area contributed by atoms with Gasteiger partial charge in [0.1, 0.15) is 12.4 Å². The Labute approximate surface area is 125 Å². The van der Waals surface area contributed by atoms with Crippen LogP contribution in [0.15, 0.2) is 61.2 Å². The molecule has 3 heteroatoms. The van der Waals surface area contributed by atoms with Gasteiger partial charge in [0.25, 0.3) is 5.91 Å². The van der Waals surface area contributed by atoms with Gasteiger partial charge in [-0.2, -0.15) is 0 Å². The molecule has 0 atom stereocenters. The highest BCUT2D eigenvalue weighted by Crippen LogP contribution is 2.12. The van der Waals surface area contributed by atoms with Crippen molar-refractivity contribution in [3.8, 4) is 5.75 Å². The van der Waals surface area contributed by atoms with Crippen LogP contribution in [0.2, 0.25) is 0 Å². The molecule has 0 aromatic heterocycles. The van der Waals surface area contributed by atoms with Crippen molar-refractivity contribution in [3.05, 3.63) is 77.9 Å². The topological polar surface area (TPSA) is 38.3 Å². The molecule has 108 valence electrons. The SMILES string of the molecule is C=CCOc1ccc(C(=O)NCc2ccccc2C)cc1. The number of hydrogen-bond donors (Lipinski definition) is 1. The number of amides is 1. The predicted octanol–water partition coefficient (Wildman–Crippen LogP) is 3.49. The molecule has 0 aliphatic heterocycles. The molecule has 21 heavy (non-hydrogen) atoms. The number of benzene rings is 2. The molecule has 1 N–H and O–H groups in total. The predicted molar refractivity (Wildman–Crippen MR) is 84.5 cm³/mol. The summed E-state index contributed by atoms with van der Waals surface area (Å²) in [4.78, 5) is 12.1. The van der Waals surface area contributed by atoms with Gasteiger partial charge in [-0.3, -0.25) is 4.79 Å². The van der Waals surface area contributed by atoms with E-state index in [1.165, 1.54) is 5.56 Å². The molecule has 0 heterocycles. The second kappa shape index (κ2) is 7.29. The maximum Gasteiger partial charge on any atom is 0.251 e. The van der Waals surface area contributed by atoms with Crippen molar-refractivity contribution in [2.24, 2.45) is 0 Å². The third kappa shape index (κ3) is 4.21. The van der Waals surface area contributed by atoms with Crippen molar-refractivity contribution in [2.45, 2.75) is 13.5 Å². The quantitative estimate of drug-likeness (QED) is 0.823. The molecule has 3 nitrogen and oxygen atoms in total. The molecule has 0 radical (unpaired) electrons. The van der Waals surface area contributed by atoms with E-state index in [0.717, 1.165) is 11.3 Å². The van der Waals surface area contributed by atoms with Gasteiger partial charge in [0.15, 0.2) is 0 Å². The third-order valence-corrected chi connectivity index (χ3v) is 3.19. The zero-order chi connectivity index (χ0) is 15.1. The summed E-state index contributed by atoms with van der Waals surface area (Å²) >= 11 is 0. The Kier molecular flexibility index (Phi) is 5.16. The molecule has 0 saturated carbocycles. The monoisotopic (exact) mass is 281 g/mol. The highest BCUT2D eigenvalue weighted by Gasteiger charge is 2.06. The summed E-state index contributed by atoms with van der Waals surface area (Å²) in [6, 6.07) is 15.1. The van der Waals surface area contributed by atoms with E-state index in [-0.39, 0.29) is 5.91 Å². The van der Waals surface area contributed by atoms with E-state index >= 15 is 0 Å². The first-order valence-electron chi connectivity index (χ1n) is 6.87. The number of carbonyl (C=O) groups is 1. The minimum absolute atomic E-state index is 0.0893. The van der Waals surface area contributed by atoms with Crippen molar-refractivity contribution >= 4 is 5.91 Å². The normalized spacial score (nSPS) is 9.95. The number of nitrogens with one attached hydrogen (secondary N) is 1. The molecule has 0 unspecified atom stereocenters. The van der Waals surface area contributed by atoms with Gasteiger partial charge in [0, 0.05) is 12.1 Å². The minimum Gasteiger partial charge on any atom is -0.490 e. The molecule has 0 fully saturated rings. The fourth-order valence-corrected chi connectivity index (χ4v) is 1.94. The summed E-state index contributed by atoms with van der Waals surface area (Å²) in [7, 11) is 0. The van der Waals surface area contributed by atoms with Crippen LogP contribution in [0.1, 0.15) is 21.5 Å². The van der Waals surface area contributed by atoms with Crippen LogP contribution in [0.3, 0.4) is 0 Å².